The first-order valence-electron chi connectivity index (χ1n) is 11.4. The second kappa shape index (κ2) is 9.12. The number of rotatable bonds is 5. The van der Waals surface area contributed by atoms with Crippen molar-refractivity contribution in [2.24, 2.45) is 0 Å². The third kappa shape index (κ3) is 4.25. The molecule has 1 atom stereocenters. The molecule has 5 heterocycles. The van der Waals surface area contributed by atoms with E-state index in [1.165, 1.54) is 0 Å². The lowest BCUT2D eigenvalue weighted by Crippen LogP contribution is -2.38. The van der Waals surface area contributed by atoms with Crippen LogP contribution in [0.25, 0.3) is 0 Å². The van der Waals surface area contributed by atoms with Crippen molar-refractivity contribution >= 4 is 11.7 Å². The number of anilines is 1. The molecule has 1 saturated heterocycles. The van der Waals surface area contributed by atoms with Crippen LogP contribution in [0.3, 0.4) is 0 Å². The molecule has 0 radical (unpaired) electrons. The van der Waals surface area contributed by atoms with Crippen molar-refractivity contribution in [3.8, 4) is 0 Å². The Morgan fingerprint density at radius 3 is 2.41 bits per heavy atom. The summed E-state index contributed by atoms with van der Waals surface area (Å²) >= 11 is 0. The van der Waals surface area contributed by atoms with Crippen molar-refractivity contribution < 1.29 is 4.79 Å². The fraction of sp³-hybridized carbons (Fsp3) is 0.400. The van der Waals surface area contributed by atoms with Gasteiger partial charge in [0.1, 0.15) is 11.6 Å². The van der Waals surface area contributed by atoms with Gasteiger partial charge in [0.2, 0.25) is 5.91 Å². The Labute approximate surface area is 188 Å². The molecule has 0 saturated carbocycles. The van der Waals surface area contributed by atoms with Gasteiger partial charge in [0, 0.05) is 36.6 Å². The predicted octanol–water partition coefficient (Wildman–Crippen LogP) is 3.78. The largest absolute Gasteiger partial charge is 0.290 e. The summed E-state index contributed by atoms with van der Waals surface area (Å²) in [5, 5.41) is 0. The van der Waals surface area contributed by atoms with Crippen LogP contribution in [0.5, 0.6) is 0 Å². The quantitative estimate of drug-likeness (QED) is 0.616. The molecule has 1 amide bonds. The van der Waals surface area contributed by atoms with E-state index in [0.29, 0.717) is 19.4 Å². The summed E-state index contributed by atoms with van der Waals surface area (Å²) in [7, 11) is 0. The minimum Gasteiger partial charge on any atom is -0.290 e. The molecule has 0 spiro atoms. The van der Waals surface area contributed by atoms with Crippen LogP contribution in [0.15, 0.2) is 48.8 Å². The Balaban J connectivity index is 1.48. The fourth-order valence-corrected chi connectivity index (χ4v) is 4.74. The van der Waals surface area contributed by atoms with Crippen LogP contribution in [-0.2, 0) is 24.3 Å². The second-order valence-corrected chi connectivity index (χ2v) is 8.57. The van der Waals surface area contributed by atoms with E-state index >= 15 is 0 Å². The molecule has 5 rings (SSSR count). The first-order chi connectivity index (χ1) is 15.7. The third-order valence-electron chi connectivity index (χ3n) is 6.40. The highest BCUT2D eigenvalue weighted by atomic mass is 16.2. The average Bonchev–Trinajstić information content (AvgIpc) is 2.82. The number of fused-ring (bicyclic) bond motifs is 1. The molecular weight excluding hydrogens is 400 g/mol. The molecule has 3 aromatic heterocycles. The Morgan fingerprint density at radius 1 is 0.938 bits per heavy atom. The van der Waals surface area contributed by atoms with Gasteiger partial charge >= 0.3 is 0 Å². The zero-order chi connectivity index (χ0) is 21.9. The molecule has 1 fully saturated rings. The molecule has 3 aromatic rings. The SMILES string of the molecule is Cc1nc([C@H]2CCCCN2Cc2ccccn2)nc2c1CCC(=O)N2Cc1ccccn1. The van der Waals surface area contributed by atoms with Gasteiger partial charge in [-0.15, -0.1) is 0 Å². The van der Waals surface area contributed by atoms with Crippen molar-refractivity contribution in [3.05, 3.63) is 77.3 Å². The lowest BCUT2D eigenvalue weighted by Gasteiger charge is -2.36. The van der Waals surface area contributed by atoms with Crippen LogP contribution >= 0.6 is 0 Å². The van der Waals surface area contributed by atoms with E-state index in [1.807, 2.05) is 43.5 Å². The maximum Gasteiger partial charge on any atom is 0.228 e. The average molecular weight is 429 g/mol. The summed E-state index contributed by atoms with van der Waals surface area (Å²) in [6.45, 7) is 4.26. The zero-order valence-electron chi connectivity index (χ0n) is 18.4. The van der Waals surface area contributed by atoms with Gasteiger partial charge in [-0.05, 0) is 57.0 Å². The predicted molar refractivity (Wildman–Crippen MR) is 122 cm³/mol. The molecule has 0 aliphatic carbocycles. The molecule has 32 heavy (non-hydrogen) atoms. The zero-order valence-corrected chi connectivity index (χ0v) is 18.4. The van der Waals surface area contributed by atoms with Crippen LogP contribution in [0.1, 0.15) is 60.2 Å². The lowest BCUT2D eigenvalue weighted by molar-refractivity contribution is -0.119. The molecule has 2 aliphatic rings. The number of aryl methyl sites for hydroxylation is 1. The van der Waals surface area contributed by atoms with E-state index in [1.54, 1.807) is 11.1 Å². The number of hydrogen-bond acceptors (Lipinski definition) is 6. The Hall–Kier alpha value is -3.19. The number of carbonyl (C=O) groups is 1. The van der Waals surface area contributed by atoms with Gasteiger partial charge in [0.25, 0.3) is 0 Å². The van der Waals surface area contributed by atoms with Gasteiger partial charge in [0.05, 0.1) is 24.0 Å². The summed E-state index contributed by atoms with van der Waals surface area (Å²) in [4.78, 5) is 36.0. The first-order valence-corrected chi connectivity index (χ1v) is 11.4. The fourth-order valence-electron chi connectivity index (χ4n) is 4.74. The number of likely N-dealkylation sites (tertiary alicyclic amines) is 1. The van der Waals surface area contributed by atoms with E-state index in [9.17, 15) is 4.79 Å². The lowest BCUT2D eigenvalue weighted by atomic mass is 9.99. The number of nitrogens with zero attached hydrogens (tertiary/aromatic N) is 6. The number of pyridine rings is 2. The van der Waals surface area contributed by atoms with Gasteiger partial charge in [0.15, 0.2) is 0 Å². The minimum atomic E-state index is 0.0983. The van der Waals surface area contributed by atoms with Crippen LogP contribution < -0.4 is 4.90 Å². The summed E-state index contributed by atoms with van der Waals surface area (Å²) in [5.74, 6) is 1.68. The standard InChI is InChI=1S/C25H28N6O/c1-18-21-11-12-23(32)31(17-20-9-3-6-14-27-20)25(21)29-24(28-18)22-10-4-7-15-30(22)16-19-8-2-5-13-26-19/h2-3,5-6,8-9,13-14,22H,4,7,10-12,15-17H2,1H3/t22-/m1/s1. The Kier molecular flexibility index (Phi) is 5.90. The van der Waals surface area contributed by atoms with Crippen LogP contribution in [0, 0.1) is 6.92 Å². The molecule has 7 nitrogen and oxygen atoms in total. The second-order valence-electron chi connectivity index (χ2n) is 8.57. The third-order valence-corrected chi connectivity index (χ3v) is 6.40. The highest BCUT2D eigenvalue weighted by molar-refractivity contribution is 5.95. The van der Waals surface area contributed by atoms with Gasteiger partial charge in [-0.1, -0.05) is 18.6 Å². The topological polar surface area (TPSA) is 75.1 Å². The minimum absolute atomic E-state index is 0.0983. The normalized spacial score (nSPS) is 19.1. The summed E-state index contributed by atoms with van der Waals surface area (Å²) in [6, 6.07) is 12.0. The van der Waals surface area contributed by atoms with E-state index in [0.717, 1.165) is 66.6 Å². The van der Waals surface area contributed by atoms with Crippen LogP contribution in [-0.4, -0.2) is 37.3 Å². The van der Waals surface area contributed by atoms with Crippen molar-refractivity contribution in [1.82, 2.24) is 24.8 Å². The first kappa shape index (κ1) is 20.7. The van der Waals surface area contributed by atoms with Crippen LogP contribution in [0.4, 0.5) is 5.82 Å². The molecule has 0 unspecified atom stereocenters. The molecule has 7 heteroatoms. The summed E-state index contributed by atoms with van der Waals surface area (Å²) < 4.78 is 0. The van der Waals surface area contributed by atoms with Crippen molar-refractivity contribution in [2.45, 2.75) is 58.2 Å². The van der Waals surface area contributed by atoms with E-state index in [4.69, 9.17) is 9.97 Å². The Bertz CT molecular complexity index is 1090. The van der Waals surface area contributed by atoms with E-state index in [-0.39, 0.29) is 11.9 Å². The van der Waals surface area contributed by atoms with Gasteiger partial charge in [-0.2, -0.15) is 0 Å². The highest BCUT2D eigenvalue weighted by Gasteiger charge is 2.32. The number of aromatic nitrogens is 4. The highest BCUT2D eigenvalue weighted by Crippen LogP contribution is 2.35. The number of amides is 1. The molecule has 0 aromatic carbocycles. The number of hydrogen-bond donors (Lipinski definition) is 0. The van der Waals surface area contributed by atoms with Gasteiger partial charge < -0.3 is 0 Å². The smallest absolute Gasteiger partial charge is 0.228 e. The number of carbonyl (C=O) groups excluding carboxylic acids is 1. The summed E-state index contributed by atoms with van der Waals surface area (Å²) in [5.41, 5.74) is 3.98. The molecule has 2 aliphatic heterocycles. The molecule has 0 bridgehead atoms. The monoisotopic (exact) mass is 428 g/mol. The van der Waals surface area contributed by atoms with Gasteiger partial charge in [-0.25, -0.2) is 9.97 Å². The summed E-state index contributed by atoms with van der Waals surface area (Å²) in [6.07, 6.45) is 8.12. The molecule has 164 valence electrons. The number of piperidine rings is 1. The van der Waals surface area contributed by atoms with Gasteiger partial charge in [-0.3, -0.25) is 24.6 Å². The van der Waals surface area contributed by atoms with Crippen LogP contribution in [0.2, 0.25) is 0 Å². The van der Waals surface area contributed by atoms with Crippen molar-refractivity contribution in [3.63, 3.8) is 0 Å². The van der Waals surface area contributed by atoms with E-state index in [2.05, 4.69) is 20.9 Å². The van der Waals surface area contributed by atoms with Crippen molar-refractivity contribution in [1.29, 1.82) is 0 Å². The maximum absolute atomic E-state index is 12.9. The maximum atomic E-state index is 12.9. The van der Waals surface area contributed by atoms with Crippen molar-refractivity contribution in [2.75, 3.05) is 11.4 Å². The van der Waals surface area contributed by atoms with E-state index < -0.39 is 0 Å². The Morgan fingerprint density at radius 2 is 1.69 bits per heavy atom. The molecule has 0 N–H and O–H groups in total. The molecular formula is C25H28N6O.